The summed E-state index contributed by atoms with van der Waals surface area (Å²) in [4.78, 5) is 12.2. The molecule has 2 fully saturated rings. The van der Waals surface area contributed by atoms with Gasteiger partial charge in [0, 0.05) is 25.6 Å². The van der Waals surface area contributed by atoms with E-state index in [-0.39, 0.29) is 36.8 Å². The van der Waals surface area contributed by atoms with Crippen molar-refractivity contribution >= 4 is 15.9 Å². The van der Waals surface area contributed by atoms with Gasteiger partial charge in [-0.1, -0.05) is 6.42 Å². The topological polar surface area (TPSA) is 92.5 Å². The minimum Gasteiger partial charge on any atom is -0.356 e. The first-order valence-electron chi connectivity index (χ1n) is 8.11. The zero-order chi connectivity index (χ0) is 17.0. The molecule has 0 bridgehead atoms. The van der Waals surface area contributed by atoms with Gasteiger partial charge in [-0.3, -0.25) is 4.79 Å². The minimum absolute atomic E-state index is 0.0144. The number of nitrogens with two attached hydrogens (primary N) is 1. The predicted octanol–water partition coefficient (Wildman–Crippen LogP) is 0.742. The number of amides is 1. The SMILES string of the molecule is NC[C@H]1CCC[C@H]1C(=O)NCC1CCN(S(=O)(=O)C(F)F)CC1. The van der Waals surface area contributed by atoms with Gasteiger partial charge in [-0.05, 0) is 44.1 Å². The lowest BCUT2D eigenvalue weighted by Crippen LogP contribution is -2.44. The summed E-state index contributed by atoms with van der Waals surface area (Å²) >= 11 is 0. The summed E-state index contributed by atoms with van der Waals surface area (Å²) in [6, 6.07) is 0. The van der Waals surface area contributed by atoms with E-state index < -0.39 is 15.8 Å². The van der Waals surface area contributed by atoms with E-state index in [1.807, 2.05) is 0 Å². The quantitative estimate of drug-likeness (QED) is 0.737. The smallest absolute Gasteiger partial charge is 0.350 e. The Labute approximate surface area is 135 Å². The Morgan fingerprint density at radius 2 is 1.87 bits per heavy atom. The van der Waals surface area contributed by atoms with Crippen LogP contribution in [0.25, 0.3) is 0 Å². The molecule has 23 heavy (non-hydrogen) atoms. The number of hydrogen-bond donors (Lipinski definition) is 2. The molecule has 1 heterocycles. The molecule has 1 aliphatic heterocycles. The Balaban J connectivity index is 1.76. The lowest BCUT2D eigenvalue weighted by atomic mass is 9.94. The van der Waals surface area contributed by atoms with Crippen molar-refractivity contribution in [2.75, 3.05) is 26.2 Å². The first-order valence-corrected chi connectivity index (χ1v) is 9.61. The molecule has 0 aromatic rings. The van der Waals surface area contributed by atoms with Crippen molar-refractivity contribution < 1.29 is 22.0 Å². The van der Waals surface area contributed by atoms with Crippen LogP contribution in [0.4, 0.5) is 8.78 Å². The Kier molecular flexibility index (Phi) is 6.33. The third kappa shape index (κ3) is 4.39. The second-order valence-corrected chi connectivity index (χ2v) is 8.33. The first kappa shape index (κ1) is 18.5. The van der Waals surface area contributed by atoms with Crippen molar-refractivity contribution in [1.29, 1.82) is 0 Å². The summed E-state index contributed by atoms with van der Waals surface area (Å²) in [6.45, 7) is 1.15. The number of carbonyl (C=O) groups excluding carboxylic acids is 1. The van der Waals surface area contributed by atoms with E-state index >= 15 is 0 Å². The molecule has 0 unspecified atom stereocenters. The van der Waals surface area contributed by atoms with Gasteiger partial charge in [0.25, 0.3) is 10.0 Å². The average Bonchev–Trinajstić information content (AvgIpc) is 3.01. The van der Waals surface area contributed by atoms with Crippen molar-refractivity contribution in [2.24, 2.45) is 23.5 Å². The lowest BCUT2D eigenvalue weighted by molar-refractivity contribution is -0.126. The summed E-state index contributed by atoms with van der Waals surface area (Å²) in [5.74, 6) is -3.01. The fraction of sp³-hybridized carbons (Fsp3) is 0.929. The van der Waals surface area contributed by atoms with Crippen LogP contribution < -0.4 is 11.1 Å². The van der Waals surface area contributed by atoms with E-state index in [0.29, 0.717) is 25.9 Å². The summed E-state index contributed by atoms with van der Waals surface area (Å²) in [5.41, 5.74) is 5.68. The van der Waals surface area contributed by atoms with Crippen molar-refractivity contribution in [3.05, 3.63) is 0 Å². The van der Waals surface area contributed by atoms with Crippen LogP contribution in [0.15, 0.2) is 0 Å². The molecular weight excluding hydrogens is 328 g/mol. The van der Waals surface area contributed by atoms with Crippen LogP contribution in [0.2, 0.25) is 0 Å². The van der Waals surface area contributed by atoms with Crippen LogP contribution >= 0.6 is 0 Å². The van der Waals surface area contributed by atoms with Gasteiger partial charge in [0.15, 0.2) is 0 Å². The summed E-state index contributed by atoms with van der Waals surface area (Å²) in [5, 5.41) is 2.92. The van der Waals surface area contributed by atoms with Gasteiger partial charge < -0.3 is 11.1 Å². The highest BCUT2D eigenvalue weighted by atomic mass is 32.2. The molecule has 2 rings (SSSR count). The highest BCUT2D eigenvalue weighted by Gasteiger charge is 2.35. The largest absolute Gasteiger partial charge is 0.356 e. The molecule has 1 saturated carbocycles. The number of carbonyl (C=O) groups is 1. The molecule has 9 heteroatoms. The lowest BCUT2D eigenvalue weighted by Gasteiger charge is -2.31. The van der Waals surface area contributed by atoms with Crippen LogP contribution in [0, 0.1) is 17.8 Å². The molecular formula is C14H25F2N3O3S. The van der Waals surface area contributed by atoms with E-state index in [1.165, 1.54) is 0 Å². The molecule has 134 valence electrons. The maximum absolute atomic E-state index is 12.5. The number of sulfonamides is 1. The van der Waals surface area contributed by atoms with Crippen LogP contribution in [0.5, 0.6) is 0 Å². The number of rotatable bonds is 6. The molecule has 0 spiro atoms. The van der Waals surface area contributed by atoms with Crippen LogP contribution in [-0.4, -0.2) is 50.6 Å². The van der Waals surface area contributed by atoms with Gasteiger partial charge >= 0.3 is 5.76 Å². The van der Waals surface area contributed by atoms with Crippen LogP contribution in [0.3, 0.4) is 0 Å². The van der Waals surface area contributed by atoms with E-state index in [4.69, 9.17) is 5.73 Å². The number of alkyl halides is 2. The molecule has 0 aromatic heterocycles. The Bertz CT molecular complexity index is 507. The van der Waals surface area contributed by atoms with Gasteiger partial charge in [0.2, 0.25) is 5.91 Å². The van der Waals surface area contributed by atoms with Crippen molar-refractivity contribution in [3.63, 3.8) is 0 Å². The zero-order valence-electron chi connectivity index (χ0n) is 13.1. The second-order valence-electron chi connectivity index (χ2n) is 6.43. The second kappa shape index (κ2) is 7.85. The zero-order valence-corrected chi connectivity index (χ0v) is 13.9. The number of nitrogens with one attached hydrogen (secondary N) is 1. The van der Waals surface area contributed by atoms with E-state index in [1.54, 1.807) is 0 Å². The first-order chi connectivity index (χ1) is 10.9. The molecule has 0 aromatic carbocycles. The van der Waals surface area contributed by atoms with E-state index in [2.05, 4.69) is 5.32 Å². The predicted molar refractivity (Wildman–Crippen MR) is 82.1 cm³/mol. The molecule has 1 aliphatic carbocycles. The van der Waals surface area contributed by atoms with E-state index in [9.17, 15) is 22.0 Å². The number of nitrogens with zero attached hydrogens (tertiary/aromatic N) is 1. The third-order valence-electron chi connectivity index (χ3n) is 5.02. The van der Waals surface area contributed by atoms with Crippen molar-refractivity contribution in [1.82, 2.24) is 9.62 Å². The van der Waals surface area contributed by atoms with Crippen LogP contribution in [-0.2, 0) is 14.8 Å². The highest BCUT2D eigenvalue weighted by molar-refractivity contribution is 7.89. The van der Waals surface area contributed by atoms with Gasteiger partial charge in [-0.15, -0.1) is 0 Å². The number of piperidine rings is 1. The van der Waals surface area contributed by atoms with E-state index in [0.717, 1.165) is 23.6 Å². The summed E-state index contributed by atoms with van der Waals surface area (Å²) < 4.78 is 48.6. The molecule has 1 amide bonds. The minimum atomic E-state index is -4.48. The van der Waals surface area contributed by atoms with Gasteiger partial charge in [0.1, 0.15) is 0 Å². The normalized spacial score (nSPS) is 27.5. The Morgan fingerprint density at radius 3 is 2.43 bits per heavy atom. The van der Waals surface area contributed by atoms with Gasteiger partial charge in [0.05, 0.1) is 0 Å². The molecule has 0 radical (unpaired) electrons. The monoisotopic (exact) mass is 353 g/mol. The average molecular weight is 353 g/mol. The molecule has 3 N–H and O–H groups in total. The molecule has 6 nitrogen and oxygen atoms in total. The fourth-order valence-corrected chi connectivity index (χ4v) is 4.47. The third-order valence-corrected chi connectivity index (χ3v) is 6.56. The van der Waals surface area contributed by atoms with Crippen LogP contribution in [0.1, 0.15) is 32.1 Å². The molecule has 2 atom stereocenters. The number of halogens is 2. The van der Waals surface area contributed by atoms with Gasteiger partial charge in [-0.25, -0.2) is 8.42 Å². The standard InChI is InChI=1S/C14H25F2N3O3S/c15-14(16)23(21,22)19-6-4-10(5-7-19)9-18-13(20)12-3-1-2-11(12)8-17/h10-12,14H,1-9,17H2,(H,18,20)/t11-,12-/m1/s1. The maximum atomic E-state index is 12.5. The maximum Gasteiger partial charge on any atom is 0.350 e. The Hall–Kier alpha value is -0.800. The molecule has 2 aliphatic rings. The van der Waals surface area contributed by atoms with Crippen molar-refractivity contribution in [2.45, 2.75) is 37.9 Å². The Morgan fingerprint density at radius 1 is 1.22 bits per heavy atom. The summed E-state index contributed by atoms with van der Waals surface area (Å²) in [6.07, 6.45) is 3.83. The highest BCUT2D eigenvalue weighted by Crippen LogP contribution is 2.31. The molecule has 1 saturated heterocycles. The summed E-state index contributed by atoms with van der Waals surface area (Å²) in [7, 11) is -4.48. The fourth-order valence-electron chi connectivity index (χ4n) is 3.52. The number of hydrogen-bond acceptors (Lipinski definition) is 4. The van der Waals surface area contributed by atoms with Gasteiger partial charge in [-0.2, -0.15) is 13.1 Å². The van der Waals surface area contributed by atoms with Crippen molar-refractivity contribution in [3.8, 4) is 0 Å².